The van der Waals surface area contributed by atoms with E-state index in [0.29, 0.717) is 5.56 Å². The number of phenolic OH excluding ortho intramolecular Hbond substituents is 2. The summed E-state index contributed by atoms with van der Waals surface area (Å²) in [4.78, 5) is 0. The second-order valence-electron chi connectivity index (χ2n) is 3.67. The van der Waals surface area contributed by atoms with Crippen LogP contribution in [0, 0.1) is 6.92 Å². The van der Waals surface area contributed by atoms with Crippen molar-refractivity contribution in [2.24, 2.45) is 0 Å². The molecule has 2 N–H and O–H groups in total. The van der Waals surface area contributed by atoms with Gasteiger partial charge >= 0.3 is 0 Å². The third kappa shape index (κ3) is 2.41. The lowest BCUT2D eigenvalue weighted by Crippen LogP contribution is -1.89. The molecule has 0 unspecified atom stereocenters. The van der Waals surface area contributed by atoms with Crippen molar-refractivity contribution >= 4 is 0 Å². The molecule has 0 saturated carbocycles. The van der Waals surface area contributed by atoms with Gasteiger partial charge in [0.15, 0.2) is 0 Å². The van der Waals surface area contributed by atoms with Crippen molar-refractivity contribution in [1.82, 2.24) is 0 Å². The summed E-state index contributed by atoms with van der Waals surface area (Å²) in [5.74, 6) is 0.419. The summed E-state index contributed by atoms with van der Waals surface area (Å²) >= 11 is 0. The largest absolute Gasteiger partial charge is 0.508 e. The number of hydrogen-bond donors (Lipinski definition) is 2. The van der Waals surface area contributed by atoms with Crippen LogP contribution in [-0.4, -0.2) is 10.2 Å². The number of unbranched alkanes of at least 4 members (excludes halogenated alkanes) is 2. The van der Waals surface area contributed by atoms with Crippen molar-refractivity contribution < 1.29 is 10.2 Å². The van der Waals surface area contributed by atoms with Gasteiger partial charge in [0, 0.05) is 5.56 Å². The molecule has 1 aromatic carbocycles. The third-order valence-corrected chi connectivity index (χ3v) is 2.54. The van der Waals surface area contributed by atoms with E-state index in [1.807, 2.05) is 0 Å². The van der Waals surface area contributed by atoms with E-state index in [0.717, 1.165) is 18.4 Å². The van der Waals surface area contributed by atoms with Gasteiger partial charge in [0.2, 0.25) is 0 Å². The minimum Gasteiger partial charge on any atom is -0.508 e. The van der Waals surface area contributed by atoms with Crippen LogP contribution in [-0.2, 0) is 6.42 Å². The van der Waals surface area contributed by atoms with Crippen LogP contribution >= 0.6 is 0 Å². The van der Waals surface area contributed by atoms with Crippen molar-refractivity contribution in [3.63, 3.8) is 0 Å². The molecular formula is C12H18O2. The van der Waals surface area contributed by atoms with Crippen LogP contribution in [0.3, 0.4) is 0 Å². The lowest BCUT2D eigenvalue weighted by atomic mass is 10.0. The zero-order valence-electron chi connectivity index (χ0n) is 8.88. The first-order chi connectivity index (χ1) is 6.66. The zero-order valence-corrected chi connectivity index (χ0v) is 8.88. The Bertz CT molecular complexity index is 305. The summed E-state index contributed by atoms with van der Waals surface area (Å²) in [5, 5.41) is 19.1. The Morgan fingerprint density at radius 1 is 1.14 bits per heavy atom. The highest BCUT2D eigenvalue weighted by molar-refractivity contribution is 5.47. The number of aromatic hydroxyl groups is 2. The SMILES string of the molecule is CCCCCc1ccc(O)c(C)c1O. The molecular weight excluding hydrogens is 176 g/mol. The molecule has 0 fully saturated rings. The fourth-order valence-corrected chi connectivity index (χ4v) is 1.51. The van der Waals surface area contributed by atoms with Gasteiger partial charge in [0.05, 0.1) is 0 Å². The lowest BCUT2D eigenvalue weighted by molar-refractivity contribution is 0.438. The summed E-state index contributed by atoms with van der Waals surface area (Å²) < 4.78 is 0. The van der Waals surface area contributed by atoms with Crippen molar-refractivity contribution in [2.45, 2.75) is 39.5 Å². The molecule has 0 aliphatic heterocycles. The fourth-order valence-electron chi connectivity index (χ4n) is 1.51. The first-order valence-electron chi connectivity index (χ1n) is 5.17. The van der Waals surface area contributed by atoms with Gasteiger partial charge in [-0.05, 0) is 31.4 Å². The Kier molecular flexibility index (Phi) is 3.81. The van der Waals surface area contributed by atoms with E-state index in [4.69, 9.17) is 0 Å². The highest BCUT2D eigenvalue weighted by Crippen LogP contribution is 2.30. The van der Waals surface area contributed by atoms with Gasteiger partial charge in [-0.1, -0.05) is 25.8 Å². The van der Waals surface area contributed by atoms with E-state index >= 15 is 0 Å². The molecule has 1 rings (SSSR count). The van der Waals surface area contributed by atoms with Gasteiger partial charge in [-0.25, -0.2) is 0 Å². The van der Waals surface area contributed by atoms with Crippen molar-refractivity contribution in [3.8, 4) is 11.5 Å². The molecule has 0 spiro atoms. The molecule has 0 heterocycles. The molecule has 0 amide bonds. The van der Waals surface area contributed by atoms with E-state index in [-0.39, 0.29) is 11.5 Å². The molecule has 0 bridgehead atoms. The monoisotopic (exact) mass is 194 g/mol. The lowest BCUT2D eigenvalue weighted by Gasteiger charge is -2.08. The summed E-state index contributed by atoms with van der Waals surface area (Å²) in [6.45, 7) is 3.88. The van der Waals surface area contributed by atoms with Crippen LogP contribution in [0.2, 0.25) is 0 Å². The van der Waals surface area contributed by atoms with E-state index in [9.17, 15) is 10.2 Å². The molecule has 2 nitrogen and oxygen atoms in total. The van der Waals surface area contributed by atoms with Crippen molar-refractivity contribution in [2.75, 3.05) is 0 Å². The standard InChI is InChI=1S/C12H18O2/c1-3-4-5-6-10-7-8-11(13)9(2)12(10)14/h7-8,13-14H,3-6H2,1-2H3. The van der Waals surface area contributed by atoms with E-state index in [1.54, 1.807) is 19.1 Å². The van der Waals surface area contributed by atoms with E-state index < -0.39 is 0 Å². The first-order valence-corrected chi connectivity index (χ1v) is 5.17. The molecule has 1 aromatic rings. The maximum Gasteiger partial charge on any atom is 0.125 e. The Morgan fingerprint density at radius 2 is 1.86 bits per heavy atom. The predicted octanol–water partition coefficient (Wildman–Crippen LogP) is 3.14. The van der Waals surface area contributed by atoms with Crippen LogP contribution in [0.25, 0.3) is 0 Å². The Hall–Kier alpha value is -1.18. The van der Waals surface area contributed by atoms with Crippen LogP contribution in [0.15, 0.2) is 12.1 Å². The third-order valence-electron chi connectivity index (χ3n) is 2.54. The molecule has 2 heteroatoms. The number of hydrogen-bond acceptors (Lipinski definition) is 2. The maximum atomic E-state index is 9.72. The second-order valence-corrected chi connectivity index (χ2v) is 3.67. The maximum absolute atomic E-state index is 9.72. The van der Waals surface area contributed by atoms with Crippen molar-refractivity contribution in [3.05, 3.63) is 23.3 Å². The van der Waals surface area contributed by atoms with Crippen molar-refractivity contribution in [1.29, 1.82) is 0 Å². The minimum absolute atomic E-state index is 0.168. The predicted molar refractivity (Wildman–Crippen MR) is 57.7 cm³/mol. The Balaban J connectivity index is 2.73. The fraction of sp³-hybridized carbons (Fsp3) is 0.500. The van der Waals surface area contributed by atoms with E-state index in [1.165, 1.54) is 12.8 Å². The zero-order chi connectivity index (χ0) is 10.6. The number of aryl methyl sites for hydroxylation is 1. The molecule has 78 valence electrons. The molecule has 0 saturated heterocycles. The van der Waals surface area contributed by atoms with Crippen LogP contribution in [0.4, 0.5) is 0 Å². The van der Waals surface area contributed by atoms with Crippen LogP contribution < -0.4 is 0 Å². The quantitative estimate of drug-likeness (QED) is 0.723. The van der Waals surface area contributed by atoms with Gasteiger partial charge in [0.1, 0.15) is 11.5 Å². The first kappa shape index (κ1) is 10.9. The van der Waals surface area contributed by atoms with Gasteiger partial charge in [-0.2, -0.15) is 0 Å². The number of rotatable bonds is 4. The highest BCUT2D eigenvalue weighted by atomic mass is 16.3. The molecule has 0 aliphatic rings. The number of phenols is 2. The number of benzene rings is 1. The topological polar surface area (TPSA) is 40.5 Å². The average molecular weight is 194 g/mol. The smallest absolute Gasteiger partial charge is 0.125 e. The molecule has 0 atom stereocenters. The molecule has 0 aliphatic carbocycles. The summed E-state index contributed by atoms with van der Waals surface area (Å²) in [5.41, 5.74) is 1.52. The average Bonchev–Trinajstić information content (AvgIpc) is 2.18. The summed E-state index contributed by atoms with van der Waals surface area (Å²) in [7, 11) is 0. The second kappa shape index (κ2) is 4.89. The summed E-state index contributed by atoms with van der Waals surface area (Å²) in [6.07, 6.45) is 4.34. The van der Waals surface area contributed by atoms with E-state index in [2.05, 4.69) is 6.92 Å². The minimum atomic E-state index is 0.168. The van der Waals surface area contributed by atoms with Gasteiger partial charge in [-0.15, -0.1) is 0 Å². The normalized spacial score (nSPS) is 10.4. The van der Waals surface area contributed by atoms with Crippen LogP contribution in [0.1, 0.15) is 37.3 Å². The molecule has 14 heavy (non-hydrogen) atoms. The molecule has 0 radical (unpaired) electrons. The Labute approximate surface area is 85.2 Å². The van der Waals surface area contributed by atoms with Gasteiger partial charge < -0.3 is 10.2 Å². The summed E-state index contributed by atoms with van der Waals surface area (Å²) in [6, 6.07) is 3.45. The molecule has 0 aromatic heterocycles. The highest BCUT2D eigenvalue weighted by Gasteiger charge is 2.07. The Morgan fingerprint density at radius 3 is 2.50 bits per heavy atom. The van der Waals surface area contributed by atoms with Crippen LogP contribution in [0.5, 0.6) is 11.5 Å². The van der Waals surface area contributed by atoms with Gasteiger partial charge in [-0.3, -0.25) is 0 Å². The van der Waals surface area contributed by atoms with Gasteiger partial charge in [0.25, 0.3) is 0 Å².